The number of aryl methyl sites for hydroxylation is 1. The van der Waals surface area contributed by atoms with E-state index in [4.69, 9.17) is 5.73 Å². The van der Waals surface area contributed by atoms with Crippen LogP contribution < -0.4 is 5.73 Å². The van der Waals surface area contributed by atoms with Gasteiger partial charge in [0.05, 0.1) is 5.60 Å². The molecule has 1 amide bonds. The number of likely N-dealkylation sites (tertiary alicyclic amines) is 1. The van der Waals surface area contributed by atoms with Crippen molar-refractivity contribution in [3.8, 4) is 0 Å². The van der Waals surface area contributed by atoms with E-state index in [1.807, 2.05) is 11.0 Å². The number of hydrogen-bond donors (Lipinski definition) is 2. The molecule has 0 radical (unpaired) electrons. The lowest BCUT2D eigenvalue weighted by Crippen LogP contribution is -2.51. The molecule has 1 aromatic carbocycles. The Labute approximate surface area is 132 Å². The van der Waals surface area contributed by atoms with Gasteiger partial charge in [0.1, 0.15) is 0 Å². The van der Waals surface area contributed by atoms with E-state index in [1.165, 1.54) is 16.7 Å². The second-order valence-corrected chi connectivity index (χ2v) is 6.83. The number of rotatable bonds is 3. The van der Waals surface area contributed by atoms with Gasteiger partial charge in [-0.25, -0.2) is 0 Å². The van der Waals surface area contributed by atoms with Crippen LogP contribution in [0.3, 0.4) is 0 Å². The SMILES string of the molecule is Cc1ccc(C(=O)N2CCCC(O)(CCN)C2)c2c1CCC2. The van der Waals surface area contributed by atoms with Gasteiger partial charge in [0.25, 0.3) is 5.91 Å². The van der Waals surface area contributed by atoms with Crippen LogP contribution in [-0.2, 0) is 12.8 Å². The van der Waals surface area contributed by atoms with E-state index in [0.717, 1.165) is 44.2 Å². The fraction of sp³-hybridized carbons (Fsp3) is 0.611. The third kappa shape index (κ3) is 2.77. The van der Waals surface area contributed by atoms with Crippen molar-refractivity contribution in [3.05, 3.63) is 34.4 Å². The highest BCUT2D eigenvalue weighted by molar-refractivity contribution is 5.96. The molecule has 0 saturated carbocycles. The summed E-state index contributed by atoms with van der Waals surface area (Å²) in [5, 5.41) is 10.6. The Bertz CT molecular complexity index is 581. The highest BCUT2D eigenvalue weighted by atomic mass is 16.3. The quantitative estimate of drug-likeness (QED) is 0.895. The number of benzene rings is 1. The van der Waals surface area contributed by atoms with Crippen LogP contribution in [0.15, 0.2) is 12.1 Å². The Morgan fingerprint density at radius 2 is 2.09 bits per heavy atom. The van der Waals surface area contributed by atoms with Gasteiger partial charge < -0.3 is 15.7 Å². The predicted octanol–water partition coefficient (Wildman–Crippen LogP) is 1.80. The Morgan fingerprint density at radius 3 is 2.86 bits per heavy atom. The molecule has 0 spiro atoms. The first-order valence-electron chi connectivity index (χ1n) is 8.37. The van der Waals surface area contributed by atoms with E-state index >= 15 is 0 Å². The van der Waals surface area contributed by atoms with Crippen molar-refractivity contribution in [2.24, 2.45) is 5.73 Å². The number of aliphatic hydroxyl groups is 1. The summed E-state index contributed by atoms with van der Waals surface area (Å²) in [6.45, 7) is 3.72. The molecule has 2 aliphatic rings. The maximum atomic E-state index is 12.9. The molecule has 1 heterocycles. The van der Waals surface area contributed by atoms with Crippen LogP contribution in [0.1, 0.15) is 52.7 Å². The first-order valence-corrected chi connectivity index (χ1v) is 8.37. The van der Waals surface area contributed by atoms with Crippen LogP contribution in [0.2, 0.25) is 0 Å². The van der Waals surface area contributed by atoms with Crippen LogP contribution in [-0.4, -0.2) is 41.1 Å². The molecule has 22 heavy (non-hydrogen) atoms. The minimum atomic E-state index is -0.809. The number of amides is 1. The van der Waals surface area contributed by atoms with Gasteiger partial charge in [-0.1, -0.05) is 6.07 Å². The van der Waals surface area contributed by atoms with Crippen molar-refractivity contribution in [2.75, 3.05) is 19.6 Å². The lowest BCUT2D eigenvalue weighted by atomic mass is 9.89. The third-order valence-corrected chi connectivity index (χ3v) is 5.20. The Balaban J connectivity index is 1.84. The van der Waals surface area contributed by atoms with Crippen molar-refractivity contribution in [1.29, 1.82) is 0 Å². The molecule has 3 rings (SSSR count). The number of nitrogens with zero attached hydrogens (tertiary/aromatic N) is 1. The van der Waals surface area contributed by atoms with Crippen molar-refractivity contribution in [3.63, 3.8) is 0 Å². The molecule has 1 atom stereocenters. The van der Waals surface area contributed by atoms with E-state index in [2.05, 4.69) is 13.0 Å². The van der Waals surface area contributed by atoms with Crippen LogP contribution >= 0.6 is 0 Å². The van der Waals surface area contributed by atoms with Crippen molar-refractivity contribution >= 4 is 5.91 Å². The number of β-amino-alcohol motifs (C(OH)–C–C–N with tert-alkyl or cyclic N) is 1. The summed E-state index contributed by atoms with van der Waals surface area (Å²) in [5.74, 6) is 0.0771. The normalized spacial score (nSPS) is 24.4. The topological polar surface area (TPSA) is 66.6 Å². The smallest absolute Gasteiger partial charge is 0.254 e. The molecule has 0 aromatic heterocycles. The summed E-state index contributed by atoms with van der Waals surface area (Å²) in [7, 11) is 0. The maximum absolute atomic E-state index is 12.9. The standard InChI is InChI=1S/C18H26N2O2/c1-13-6-7-16(15-5-2-4-14(13)15)17(21)20-11-3-8-18(22,12-20)9-10-19/h6-7,22H,2-5,8-12,19H2,1H3. The molecule has 4 heteroatoms. The molecule has 3 N–H and O–H groups in total. The van der Waals surface area contributed by atoms with Crippen LogP contribution in [0.4, 0.5) is 0 Å². The van der Waals surface area contributed by atoms with Crippen LogP contribution in [0.5, 0.6) is 0 Å². The zero-order valence-electron chi connectivity index (χ0n) is 13.4. The fourth-order valence-electron chi connectivity index (χ4n) is 4.01. The summed E-state index contributed by atoms with van der Waals surface area (Å²) in [6.07, 6.45) is 5.36. The zero-order valence-corrected chi connectivity index (χ0v) is 13.4. The van der Waals surface area contributed by atoms with Gasteiger partial charge in [-0.05, 0) is 74.8 Å². The zero-order chi connectivity index (χ0) is 15.7. The number of carbonyl (C=O) groups is 1. The summed E-state index contributed by atoms with van der Waals surface area (Å²) in [4.78, 5) is 14.8. The van der Waals surface area contributed by atoms with E-state index < -0.39 is 5.60 Å². The third-order valence-electron chi connectivity index (χ3n) is 5.20. The lowest BCUT2D eigenvalue weighted by molar-refractivity contribution is -0.0286. The molecule has 1 aliphatic heterocycles. The average molecular weight is 302 g/mol. The molecule has 1 aromatic rings. The van der Waals surface area contributed by atoms with Gasteiger partial charge in [0, 0.05) is 18.7 Å². The summed E-state index contributed by atoms with van der Waals surface area (Å²) in [5.41, 5.74) is 9.53. The average Bonchev–Trinajstić information content (AvgIpc) is 2.97. The van der Waals surface area contributed by atoms with E-state index in [1.54, 1.807) is 0 Å². The maximum Gasteiger partial charge on any atom is 0.254 e. The second-order valence-electron chi connectivity index (χ2n) is 6.83. The van der Waals surface area contributed by atoms with E-state index in [9.17, 15) is 9.90 Å². The van der Waals surface area contributed by atoms with Gasteiger partial charge in [-0.3, -0.25) is 4.79 Å². The molecular formula is C18H26N2O2. The number of fused-ring (bicyclic) bond motifs is 1. The van der Waals surface area contributed by atoms with Gasteiger partial charge in [0.15, 0.2) is 0 Å². The highest BCUT2D eigenvalue weighted by Gasteiger charge is 2.35. The van der Waals surface area contributed by atoms with Crippen LogP contribution in [0.25, 0.3) is 0 Å². The number of nitrogens with two attached hydrogens (primary N) is 1. The minimum absolute atomic E-state index is 0.0771. The monoisotopic (exact) mass is 302 g/mol. The number of carbonyl (C=O) groups excluding carboxylic acids is 1. The predicted molar refractivity (Wildman–Crippen MR) is 87.0 cm³/mol. The van der Waals surface area contributed by atoms with Crippen LogP contribution in [0, 0.1) is 6.92 Å². The molecular weight excluding hydrogens is 276 g/mol. The lowest BCUT2D eigenvalue weighted by Gasteiger charge is -2.39. The summed E-state index contributed by atoms with van der Waals surface area (Å²) in [6, 6.07) is 4.03. The van der Waals surface area contributed by atoms with E-state index in [0.29, 0.717) is 19.5 Å². The molecule has 120 valence electrons. The highest BCUT2D eigenvalue weighted by Crippen LogP contribution is 2.31. The van der Waals surface area contributed by atoms with Crippen molar-refractivity contribution < 1.29 is 9.90 Å². The molecule has 4 nitrogen and oxygen atoms in total. The fourth-order valence-corrected chi connectivity index (χ4v) is 4.01. The molecule has 1 saturated heterocycles. The molecule has 1 unspecified atom stereocenters. The van der Waals surface area contributed by atoms with Gasteiger partial charge >= 0.3 is 0 Å². The Kier molecular flexibility index (Phi) is 4.24. The summed E-state index contributed by atoms with van der Waals surface area (Å²) < 4.78 is 0. The molecule has 1 aliphatic carbocycles. The van der Waals surface area contributed by atoms with Crippen molar-refractivity contribution in [1.82, 2.24) is 4.90 Å². The second kappa shape index (κ2) is 6.01. The van der Waals surface area contributed by atoms with Gasteiger partial charge in [-0.15, -0.1) is 0 Å². The minimum Gasteiger partial charge on any atom is -0.388 e. The number of piperidine rings is 1. The Morgan fingerprint density at radius 1 is 1.32 bits per heavy atom. The largest absolute Gasteiger partial charge is 0.388 e. The molecule has 1 fully saturated rings. The number of hydrogen-bond acceptors (Lipinski definition) is 3. The summed E-state index contributed by atoms with van der Waals surface area (Å²) >= 11 is 0. The van der Waals surface area contributed by atoms with E-state index in [-0.39, 0.29) is 5.91 Å². The molecule has 0 bridgehead atoms. The van der Waals surface area contributed by atoms with Gasteiger partial charge in [-0.2, -0.15) is 0 Å². The first kappa shape index (κ1) is 15.5. The first-order chi connectivity index (χ1) is 10.5. The van der Waals surface area contributed by atoms with Crippen molar-refractivity contribution in [2.45, 2.75) is 51.0 Å². The Hall–Kier alpha value is -1.39. The van der Waals surface area contributed by atoms with Gasteiger partial charge in [0.2, 0.25) is 0 Å².